The first-order valence-electron chi connectivity index (χ1n) is 11.3. The zero-order valence-corrected chi connectivity index (χ0v) is 18.8. The Labute approximate surface area is 193 Å². The van der Waals surface area contributed by atoms with Gasteiger partial charge in [0.25, 0.3) is 5.56 Å². The fraction of sp³-hybridized carbons (Fsp3) is 0.346. The van der Waals surface area contributed by atoms with E-state index in [0.717, 1.165) is 43.6 Å². The number of aromatic nitrogens is 1. The van der Waals surface area contributed by atoms with Crippen LogP contribution in [0.25, 0.3) is 21.9 Å². The molecule has 1 aliphatic heterocycles. The number of pyridine rings is 1. The standard InChI is InChI=1S/C26H28N4O3/c1-33-20-10-11-21-22(17-20)25(19-7-3-2-4-8-19)23(18-27)30(26(21)32)16-13-28-12-6-15-29-14-5-9-24(29)31/h2-4,7-8,10-11,17,28H,5-6,9,12-16H2,1H3. The first kappa shape index (κ1) is 22.6. The van der Waals surface area contributed by atoms with Crippen molar-refractivity contribution in [2.45, 2.75) is 25.8 Å². The summed E-state index contributed by atoms with van der Waals surface area (Å²) in [6, 6.07) is 17.3. The van der Waals surface area contributed by atoms with Crippen molar-refractivity contribution in [1.29, 1.82) is 5.26 Å². The van der Waals surface area contributed by atoms with E-state index in [0.29, 0.717) is 41.7 Å². The van der Waals surface area contributed by atoms with Gasteiger partial charge in [0.1, 0.15) is 17.5 Å². The van der Waals surface area contributed by atoms with Crippen LogP contribution in [0.2, 0.25) is 0 Å². The third kappa shape index (κ3) is 4.76. The van der Waals surface area contributed by atoms with Crippen LogP contribution in [0.15, 0.2) is 53.3 Å². The largest absolute Gasteiger partial charge is 0.497 e. The molecule has 0 bridgehead atoms. The van der Waals surface area contributed by atoms with Gasteiger partial charge < -0.3 is 15.0 Å². The third-order valence-corrected chi connectivity index (χ3v) is 6.11. The van der Waals surface area contributed by atoms with Gasteiger partial charge in [-0.2, -0.15) is 5.26 Å². The number of nitrogens with one attached hydrogen (secondary N) is 1. The SMILES string of the molecule is COc1ccc2c(=O)n(CCNCCCN3CCCC3=O)c(C#N)c(-c3ccccc3)c2c1. The van der Waals surface area contributed by atoms with Crippen molar-refractivity contribution < 1.29 is 9.53 Å². The molecular weight excluding hydrogens is 416 g/mol. The summed E-state index contributed by atoms with van der Waals surface area (Å²) in [5.74, 6) is 0.875. The zero-order chi connectivity index (χ0) is 23.2. The van der Waals surface area contributed by atoms with Gasteiger partial charge in [0.05, 0.1) is 7.11 Å². The van der Waals surface area contributed by atoms with Crippen LogP contribution < -0.4 is 15.6 Å². The van der Waals surface area contributed by atoms with Gasteiger partial charge >= 0.3 is 0 Å². The number of carbonyl (C=O) groups is 1. The minimum Gasteiger partial charge on any atom is -0.497 e. The number of hydrogen-bond donors (Lipinski definition) is 1. The lowest BCUT2D eigenvalue weighted by molar-refractivity contribution is -0.127. The number of nitriles is 1. The van der Waals surface area contributed by atoms with E-state index in [4.69, 9.17) is 4.74 Å². The molecule has 4 rings (SSSR count). The van der Waals surface area contributed by atoms with Crippen molar-refractivity contribution in [2.24, 2.45) is 0 Å². The van der Waals surface area contributed by atoms with Crippen molar-refractivity contribution in [3.05, 3.63) is 64.6 Å². The fourth-order valence-electron chi connectivity index (χ4n) is 4.43. The highest BCUT2D eigenvalue weighted by Crippen LogP contribution is 2.32. The molecule has 1 saturated heterocycles. The highest BCUT2D eigenvalue weighted by atomic mass is 16.5. The van der Waals surface area contributed by atoms with Crippen LogP contribution in [0.3, 0.4) is 0 Å². The summed E-state index contributed by atoms with van der Waals surface area (Å²) in [4.78, 5) is 26.9. The van der Waals surface area contributed by atoms with Gasteiger partial charge in [0.15, 0.2) is 0 Å². The monoisotopic (exact) mass is 444 g/mol. The van der Waals surface area contributed by atoms with E-state index in [9.17, 15) is 14.9 Å². The topological polar surface area (TPSA) is 87.4 Å². The Morgan fingerprint density at radius 1 is 1.06 bits per heavy atom. The molecule has 33 heavy (non-hydrogen) atoms. The molecule has 1 aliphatic rings. The van der Waals surface area contributed by atoms with E-state index in [1.807, 2.05) is 41.3 Å². The minimum absolute atomic E-state index is 0.187. The Balaban J connectivity index is 1.59. The van der Waals surface area contributed by atoms with Gasteiger partial charge in [-0.1, -0.05) is 30.3 Å². The molecule has 0 saturated carbocycles. The predicted octanol–water partition coefficient (Wildman–Crippen LogP) is 3.15. The van der Waals surface area contributed by atoms with Gasteiger partial charge in [0, 0.05) is 48.9 Å². The number of carbonyl (C=O) groups excluding carboxylic acids is 1. The molecule has 1 N–H and O–H groups in total. The Hall–Kier alpha value is -3.63. The van der Waals surface area contributed by atoms with Gasteiger partial charge in [-0.15, -0.1) is 0 Å². The van der Waals surface area contributed by atoms with Gasteiger partial charge in [-0.3, -0.25) is 14.2 Å². The van der Waals surface area contributed by atoms with Crippen molar-refractivity contribution in [3.8, 4) is 22.9 Å². The maximum Gasteiger partial charge on any atom is 0.259 e. The van der Waals surface area contributed by atoms with E-state index in [2.05, 4.69) is 11.4 Å². The number of benzene rings is 2. The molecule has 1 fully saturated rings. The number of ether oxygens (including phenoxy) is 1. The van der Waals surface area contributed by atoms with Crippen LogP contribution in [0.4, 0.5) is 0 Å². The third-order valence-electron chi connectivity index (χ3n) is 6.11. The second-order valence-electron chi connectivity index (χ2n) is 8.16. The van der Waals surface area contributed by atoms with E-state index >= 15 is 0 Å². The molecule has 170 valence electrons. The number of amides is 1. The molecule has 0 aliphatic carbocycles. The Kier molecular flexibility index (Phi) is 7.06. The lowest BCUT2D eigenvalue weighted by Crippen LogP contribution is -2.32. The molecule has 0 spiro atoms. The van der Waals surface area contributed by atoms with E-state index < -0.39 is 0 Å². The van der Waals surface area contributed by atoms with Gasteiger partial charge in [0.2, 0.25) is 5.91 Å². The molecule has 7 nitrogen and oxygen atoms in total. The average molecular weight is 445 g/mol. The number of methoxy groups -OCH3 is 1. The molecule has 2 aromatic carbocycles. The lowest BCUT2D eigenvalue weighted by Gasteiger charge is -2.17. The number of fused-ring (bicyclic) bond motifs is 1. The molecule has 7 heteroatoms. The smallest absolute Gasteiger partial charge is 0.259 e. The van der Waals surface area contributed by atoms with Gasteiger partial charge in [-0.25, -0.2) is 0 Å². The first-order chi connectivity index (χ1) is 16.1. The summed E-state index contributed by atoms with van der Waals surface area (Å²) in [7, 11) is 1.58. The number of nitrogens with zero attached hydrogens (tertiary/aromatic N) is 3. The summed E-state index contributed by atoms with van der Waals surface area (Å²) in [5, 5.41) is 14.7. The number of likely N-dealkylation sites (tertiary alicyclic amines) is 1. The quantitative estimate of drug-likeness (QED) is 0.513. The Bertz CT molecular complexity index is 1240. The Morgan fingerprint density at radius 3 is 2.58 bits per heavy atom. The van der Waals surface area contributed by atoms with Crippen molar-refractivity contribution in [1.82, 2.24) is 14.8 Å². The minimum atomic E-state index is -0.187. The molecule has 2 heterocycles. The van der Waals surface area contributed by atoms with Crippen LogP contribution in [0.5, 0.6) is 5.75 Å². The highest BCUT2D eigenvalue weighted by molar-refractivity contribution is 5.99. The number of hydrogen-bond acceptors (Lipinski definition) is 5. The van der Waals surface area contributed by atoms with Crippen LogP contribution in [0, 0.1) is 11.3 Å². The molecule has 1 aromatic heterocycles. The summed E-state index contributed by atoms with van der Waals surface area (Å²) in [6.45, 7) is 3.29. The molecule has 0 radical (unpaired) electrons. The maximum atomic E-state index is 13.3. The summed E-state index contributed by atoms with van der Waals surface area (Å²) >= 11 is 0. The van der Waals surface area contributed by atoms with E-state index in [1.165, 1.54) is 0 Å². The molecule has 1 amide bonds. The average Bonchev–Trinajstić information content (AvgIpc) is 3.26. The van der Waals surface area contributed by atoms with Crippen molar-refractivity contribution >= 4 is 16.7 Å². The second kappa shape index (κ2) is 10.3. The molecule has 3 aromatic rings. The first-order valence-corrected chi connectivity index (χ1v) is 11.3. The normalized spacial score (nSPS) is 13.5. The zero-order valence-electron chi connectivity index (χ0n) is 18.8. The molecule has 0 atom stereocenters. The molecular formula is C26H28N4O3. The molecule has 0 unspecified atom stereocenters. The Morgan fingerprint density at radius 2 is 1.88 bits per heavy atom. The van der Waals surface area contributed by atoms with Crippen LogP contribution in [-0.2, 0) is 11.3 Å². The van der Waals surface area contributed by atoms with Crippen LogP contribution in [0.1, 0.15) is 25.0 Å². The van der Waals surface area contributed by atoms with Crippen LogP contribution >= 0.6 is 0 Å². The lowest BCUT2D eigenvalue weighted by atomic mass is 9.97. The summed E-state index contributed by atoms with van der Waals surface area (Å²) < 4.78 is 6.94. The van der Waals surface area contributed by atoms with E-state index in [-0.39, 0.29) is 11.5 Å². The van der Waals surface area contributed by atoms with Crippen molar-refractivity contribution in [2.75, 3.05) is 33.3 Å². The van der Waals surface area contributed by atoms with E-state index in [1.54, 1.807) is 23.8 Å². The van der Waals surface area contributed by atoms with Crippen molar-refractivity contribution in [3.63, 3.8) is 0 Å². The van der Waals surface area contributed by atoms with Crippen LogP contribution in [-0.4, -0.2) is 48.7 Å². The second-order valence-corrected chi connectivity index (χ2v) is 8.16. The predicted molar refractivity (Wildman–Crippen MR) is 128 cm³/mol. The maximum absolute atomic E-state index is 13.3. The highest BCUT2D eigenvalue weighted by Gasteiger charge is 2.20. The summed E-state index contributed by atoms with van der Waals surface area (Å²) in [5.41, 5.74) is 1.77. The summed E-state index contributed by atoms with van der Waals surface area (Å²) in [6.07, 6.45) is 2.47. The fourth-order valence-corrected chi connectivity index (χ4v) is 4.43. The van der Waals surface area contributed by atoms with Gasteiger partial charge in [-0.05, 0) is 43.1 Å². The number of rotatable bonds is 9.